The average molecular weight is 428 g/mol. The molecule has 0 saturated carbocycles. The first-order chi connectivity index (χ1) is 13.6. The fourth-order valence-corrected chi connectivity index (χ4v) is 6.23. The van der Waals surface area contributed by atoms with E-state index in [2.05, 4.69) is 48.7 Å². The number of para-hydroxylation sites is 1. The molecule has 3 aromatic heterocycles. The van der Waals surface area contributed by atoms with E-state index in [1.54, 1.807) is 34.0 Å². The summed E-state index contributed by atoms with van der Waals surface area (Å²) in [5, 5.41) is 12.9. The van der Waals surface area contributed by atoms with Crippen LogP contribution >= 0.6 is 34.0 Å². The fourth-order valence-electron chi connectivity index (χ4n) is 3.23. The number of nitrogens with zero attached hydrogens (tertiary/aromatic N) is 6. The Bertz CT molecular complexity index is 1570. The molecule has 2 N–H and O–H groups in total. The van der Waals surface area contributed by atoms with Crippen LogP contribution in [0, 0.1) is 0 Å². The Kier molecular flexibility index (Phi) is 4.00. The molecule has 142 valence electrons. The molecule has 0 radical (unpaired) electrons. The van der Waals surface area contributed by atoms with Gasteiger partial charge >= 0.3 is 0 Å². The lowest BCUT2D eigenvalue weighted by Gasteiger charge is -1.98. The maximum atomic E-state index is 5.49. The SMILES string of the molecule is Cn1/c(=N/N)sc2cc3s/c(=N/N=c4\sc5ccccc5n4C)n(C)c3cc21. The molecule has 28 heavy (non-hydrogen) atoms. The van der Waals surface area contributed by atoms with Crippen molar-refractivity contribution in [2.45, 2.75) is 0 Å². The van der Waals surface area contributed by atoms with Crippen molar-refractivity contribution in [3.05, 3.63) is 50.8 Å². The van der Waals surface area contributed by atoms with Crippen LogP contribution in [0.2, 0.25) is 0 Å². The van der Waals surface area contributed by atoms with Crippen molar-refractivity contribution >= 4 is 64.7 Å². The quantitative estimate of drug-likeness (QED) is 0.324. The summed E-state index contributed by atoms with van der Waals surface area (Å²) in [6.07, 6.45) is 0. The molecule has 2 aromatic carbocycles. The molecule has 0 amide bonds. The van der Waals surface area contributed by atoms with Gasteiger partial charge in [-0.2, -0.15) is 5.10 Å². The first-order valence-electron chi connectivity index (χ1n) is 8.52. The zero-order valence-electron chi connectivity index (χ0n) is 15.4. The third kappa shape index (κ3) is 2.56. The summed E-state index contributed by atoms with van der Waals surface area (Å²) in [5.74, 6) is 5.49. The van der Waals surface area contributed by atoms with E-state index in [0.29, 0.717) is 0 Å². The van der Waals surface area contributed by atoms with Gasteiger partial charge in [0.1, 0.15) is 0 Å². The number of hydrogen-bond donors (Lipinski definition) is 1. The third-order valence-electron chi connectivity index (χ3n) is 4.79. The van der Waals surface area contributed by atoms with Gasteiger partial charge in [0.25, 0.3) is 0 Å². The number of fused-ring (bicyclic) bond motifs is 3. The molecule has 0 unspecified atom stereocenters. The van der Waals surface area contributed by atoms with Gasteiger partial charge in [-0.3, -0.25) is 0 Å². The molecule has 0 atom stereocenters. The predicted octanol–water partition coefficient (Wildman–Crippen LogP) is 2.54. The lowest BCUT2D eigenvalue weighted by Crippen LogP contribution is -2.13. The molecule has 7 nitrogen and oxygen atoms in total. The Morgan fingerprint density at radius 2 is 1.21 bits per heavy atom. The van der Waals surface area contributed by atoms with Crippen LogP contribution in [0.5, 0.6) is 0 Å². The predicted molar refractivity (Wildman–Crippen MR) is 117 cm³/mol. The number of benzene rings is 2. The second-order valence-electron chi connectivity index (χ2n) is 6.42. The molecule has 0 bridgehead atoms. The summed E-state index contributed by atoms with van der Waals surface area (Å²) in [7, 11) is 6.02. The molecular formula is C18H17N7S3. The van der Waals surface area contributed by atoms with E-state index in [0.717, 1.165) is 40.4 Å². The van der Waals surface area contributed by atoms with Gasteiger partial charge in [-0.25, -0.2) is 0 Å². The third-order valence-corrected chi connectivity index (χ3v) is 8.08. The number of thiazole rings is 3. The zero-order valence-corrected chi connectivity index (χ0v) is 17.9. The fraction of sp³-hybridized carbons (Fsp3) is 0.167. The van der Waals surface area contributed by atoms with Crippen molar-refractivity contribution in [2.75, 3.05) is 0 Å². The van der Waals surface area contributed by atoms with Crippen molar-refractivity contribution in [1.29, 1.82) is 0 Å². The first kappa shape index (κ1) is 17.4. The van der Waals surface area contributed by atoms with E-state index in [1.165, 1.54) is 4.70 Å². The minimum atomic E-state index is 0.799. The summed E-state index contributed by atoms with van der Waals surface area (Å²) in [5.41, 5.74) is 3.38. The molecule has 3 heterocycles. The van der Waals surface area contributed by atoms with Crippen LogP contribution in [-0.2, 0) is 21.1 Å². The van der Waals surface area contributed by atoms with E-state index in [1.807, 2.05) is 37.8 Å². The second-order valence-corrected chi connectivity index (χ2v) is 9.44. The Labute approximate surface area is 171 Å². The van der Waals surface area contributed by atoms with Crippen molar-refractivity contribution < 1.29 is 0 Å². The second kappa shape index (κ2) is 6.43. The maximum Gasteiger partial charge on any atom is 0.211 e. The zero-order chi connectivity index (χ0) is 19.4. The summed E-state index contributed by atoms with van der Waals surface area (Å²) in [6, 6.07) is 12.6. The lowest BCUT2D eigenvalue weighted by atomic mass is 10.3. The largest absolute Gasteiger partial charge is 0.320 e. The highest BCUT2D eigenvalue weighted by Gasteiger charge is 2.09. The van der Waals surface area contributed by atoms with Crippen molar-refractivity contribution in [2.24, 2.45) is 42.3 Å². The molecule has 0 aliphatic carbocycles. The number of aromatic nitrogens is 3. The Morgan fingerprint density at radius 3 is 1.86 bits per heavy atom. The minimum Gasteiger partial charge on any atom is -0.320 e. The first-order valence-corrected chi connectivity index (χ1v) is 11.0. The summed E-state index contributed by atoms with van der Waals surface area (Å²) >= 11 is 4.85. The van der Waals surface area contributed by atoms with E-state index in [4.69, 9.17) is 5.84 Å². The van der Waals surface area contributed by atoms with Crippen LogP contribution in [0.1, 0.15) is 0 Å². The van der Waals surface area contributed by atoms with Gasteiger partial charge in [-0.15, -0.1) is 10.2 Å². The van der Waals surface area contributed by atoms with Crippen LogP contribution in [0.25, 0.3) is 30.6 Å². The number of aryl methyl sites for hydroxylation is 3. The van der Waals surface area contributed by atoms with Gasteiger partial charge in [0.2, 0.25) is 14.4 Å². The van der Waals surface area contributed by atoms with Gasteiger partial charge in [0.05, 0.1) is 30.6 Å². The maximum absolute atomic E-state index is 5.49. The van der Waals surface area contributed by atoms with E-state index < -0.39 is 0 Å². The lowest BCUT2D eigenvalue weighted by molar-refractivity contribution is 0.844. The molecule has 0 saturated heterocycles. The van der Waals surface area contributed by atoms with Crippen LogP contribution in [0.4, 0.5) is 0 Å². The number of nitrogens with two attached hydrogens (primary N) is 1. The highest BCUT2D eigenvalue weighted by atomic mass is 32.1. The van der Waals surface area contributed by atoms with Crippen LogP contribution in [0.3, 0.4) is 0 Å². The Morgan fingerprint density at radius 1 is 0.679 bits per heavy atom. The monoisotopic (exact) mass is 427 g/mol. The van der Waals surface area contributed by atoms with E-state index in [9.17, 15) is 0 Å². The van der Waals surface area contributed by atoms with Gasteiger partial charge in [-0.05, 0) is 24.3 Å². The molecule has 0 aliphatic heterocycles. The summed E-state index contributed by atoms with van der Waals surface area (Å²) < 4.78 is 9.68. The van der Waals surface area contributed by atoms with Crippen molar-refractivity contribution in [3.8, 4) is 0 Å². The highest BCUT2D eigenvalue weighted by Crippen LogP contribution is 2.25. The van der Waals surface area contributed by atoms with Crippen molar-refractivity contribution in [3.63, 3.8) is 0 Å². The molecule has 10 heteroatoms. The van der Waals surface area contributed by atoms with Gasteiger partial charge < -0.3 is 19.5 Å². The van der Waals surface area contributed by atoms with Crippen LogP contribution in [0.15, 0.2) is 51.7 Å². The minimum absolute atomic E-state index is 0.799. The van der Waals surface area contributed by atoms with Gasteiger partial charge in [-0.1, -0.05) is 46.1 Å². The summed E-state index contributed by atoms with van der Waals surface area (Å²) in [6.45, 7) is 0. The number of hydrogen-bond acceptors (Lipinski definition) is 7. The van der Waals surface area contributed by atoms with Crippen molar-refractivity contribution in [1.82, 2.24) is 13.7 Å². The molecule has 5 rings (SSSR count). The topological polar surface area (TPSA) is 77.9 Å². The number of rotatable bonds is 1. The van der Waals surface area contributed by atoms with Crippen LogP contribution in [-0.4, -0.2) is 13.7 Å². The highest BCUT2D eigenvalue weighted by molar-refractivity contribution is 7.18. The normalized spacial score (nSPS) is 14.3. The molecule has 5 aromatic rings. The Balaban J connectivity index is 1.73. The van der Waals surface area contributed by atoms with E-state index in [-0.39, 0.29) is 0 Å². The molecule has 0 spiro atoms. The van der Waals surface area contributed by atoms with Crippen LogP contribution < -0.4 is 20.2 Å². The Hall–Kier alpha value is -2.69. The smallest absolute Gasteiger partial charge is 0.211 e. The van der Waals surface area contributed by atoms with Gasteiger partial charge in [0.15, 0.2) is 0 Å². The average Bonchev–Trinajstić information content (AvgIpc) is 3.31. The molecular weight excluding hydrogens is 410 g/mol. The summed E-state index contributed by atoms with van der Waals surface area (Å²) in [4.78, 5) is 2.53. The van der Waals surface area contributed by atoms with E-state index >= 15 is 0 Å². The van der Waals surface area contributed by atoms with Gasteiger partial charge in [0, 0.05) is 21.1 Å². The standard InChI is InChI=1S/C18H17N7S3/c1-23-10-6-4-5-7-13(10)26-17(23)21-22-18-25(3)12-8-11-14(9-15(12)28-18)27-16(20-19)24(11)2/h4-9H,19H2,1-3H3/b20-16-,21-17-,22-18+. The molecule has 0 fully saturated rings. The molecule has 0 aliphatic rings.